The summed E-state index contributed by atoms with van der Waals surface area (Å²) in [5, 5.41) is 19.3. The number of esters is 1. The van der Waals surface area contributed by atoms with Crippen molar-refractivity contribution in [2.24, 2.45) is 0 Å². The Morgan fingerprint density at radius 2 is 2.00 bits per heavy atom. The molecule has 1 aliphatic heterocycles. The molecule has 0 aromatic heterocycles. The van der Waals surface area contributed by atoms with Gasteiger partial charge < -0.3 is 14.9 Å². The van der Waals surface area contributed by atoms with Crippen molar-refractivity contribution in [2.75, 3.05) is 5.75 Å². The number of carbonyl (C=O) groups is 1. The first-order valence-electron chi connectivity index (χ1n) is 7.34. The first-order valence-corrected chi connectivity index (χ1v) is 8.39. The number of hydrogen-bond acceptors (Lipinski definition) is 5. The van der Waals surface area contributed by atoms with Crippen LogP contribution in [0.4, 0.5) is 0 Å². The van der Waals surface area contributed by atoms with Crippen LogP contribution in [0.15, 0.2) is 30.3 Å². The highest BCUT2D eigenvalue weighted by molar-refractivity contribution is 8.00. The van der Waals surface area contributed by atoms with Crippen LogP contribution in [0.1, 0.15) is 31.2 Å². The molecule has 2 rings (SSSR count). The Morgan fingerprint density at radius 3 is 2.67 bits per heavy atom. The zero-order chi connectivity index (χ0) is 15.1. The highest BCUT2D eigenvalue weighted by Crippen LogP contribution is 2.31. The summed E-state index contributed by atoms with van der Waals surface area (Å²) >= 11 is 1.61. The smallest absolute Gasteiger partial charge is 0.306 e. The molecule has 1 aromatic rings. The van der Waals surface area contributed by atoms with Crippen LogP contribution in [0.3, 0.4) is 0 Å². The Hall–Kier alpha value is -1.04. The molecule has 0 unspecified atom stereocenters. The Bertz CT molecular complexity index is 437. The van der Waals surface area contributed by atoms with Crippen molar-refractivity contribution in [3.05, 3.63) is 35.9 Å². The summed E-state index contributed by atoms with van der Waals surface area (Å²) in [4.78, 5) is 11.6. The first kappa shape index (κ1) is 16.3. The molecular formula is C16H22O4S. The van der Waals surface area contributed by atoms with Gasteiger partial charge in [-0.05, 0) is 18.4 Å². The Kier molecular flexibility index (Phi) is 6.54. The number of carbonyl (C=O) groups excluding carboxylic acids is 1. The quantitative estimate of drug-likeness (QED) is 0.596. The fourth-order valence-electron chi connectivity index (χ4n) is 2.35. The van der Waals surface area contributed by atoms with Crippen LogP contribution in [0.2, 0.25) is 0 Å². The van der Waals surface area contributed by atoms with E-state index in [1.807, 2.05) is 30.3 Å². The minimum atomic E-state index is -0.625. The van der Waals surface area contributed by atoms with Gasteiger partial charge >= 0.3 is 5.97 Å². The largest absolute Gasteiger partial charge is 0.461 e. The summed E-state index contributed by atoms with van der Waals surface area (Å²) in [7, 11) is 0. The number of unbranched alkanes of at least 4 members (excludes halogenated alkanes) is 1. The molecule has 0 radical (unpaired) electrons. The van der Waals surface area contributed by atoms with E-state index in [9.17, 15) is 15.0 Å². The molecule has 21 heavy (non-hydrogen) atoms. The second kappa shape index (κ2) is 8.41. The molecule has 0 saturated carbocycles. The van der Waals surface area contributed by atoms with Crippen molar-refractivity contribution in [2.45, 2.75) is 49.7 Å². The third-order valence-electron chi connectivity index (χ3n) is 3.62. The van der Waals surface area contributed by atoms with E-state index in [0.717, 1.165) is 24.8 Å². The predicted molar refractivity (Wildman–Crippen MR) is 83.0 cm³/mol. The van der Waals surface area contributed by atoms with E-state index < -0.39 is 12.2 Å². The lowest BCUT2D eigenvalue weighted by atomic mass is 10.1. The van der Waals surface area contributed by atoms with Crippen LogP contribution in [0, 0.1) is 0 Å². The van der Waals surface area contributed by atoms with Gasteiger partial charge in [0.25, 0.3) is 0 Å². The van der Waals surface area contributed by atoms with Crippen LogP contribution in [0.25, 0.3) is 0 Å². The number of hydrogen-bond donors (Lipinski definition) is 2. The van der Waals surface area contributed by atoms with Crippen molar-refractivity contribution >= 4 is 17.7 Å². The fourth-order valence-corrected chi connectivity index (χ4v) is 3.70. The van der Waals surface area contributed by atoms with Gasteiger partial charge in [0, 0.05) is 17.4 Å². The molecular weight excluding hydrogens is 288 g/mol. The number of thioether (sulfide) groups is 1. The van der Waals surface area contributed by atoms with E-state index in [1.165, 1.54) is 0 Å². The number of aliphatic hydroxyl groups excluding tert-OH is 2. The van der Waals surface area contributed by atoms with Crippen LogP contribution < -0.4 is 0 Å². The number of benzene rings is 1. The molecule has 1 heterocycles. The topological polar surface area (TPSA) is 66.8 Å². The Balaban J connectivity index is 1.55. The number of rotatable bonds is 7. The first-order chi connectivity index (χ1) is 10.2. The zero-order valence-electron chi connectivity index (χ0n) is 12.0. The highest BCUT2D eigenvalue weighted by atomic mass is 32.2. The highest BCUT2D eigenvalue weighted by Gasteiger charge is 2.33. The van der Waals surface area contributed by atoms with Crippen LogP contribution in [-0.4, -0.2) is 39.4 Å². The summed E-state index contributed by atoms with van der Waals surface area (Å²) in [5.41, 5.74) is 0.991. The van der Waals surface area contributed by atoms with E-state index in [0.29, 0.717) is 18.8 Å². The molecule has 1 aromatic carbocycles. The molecule has 116 valence electrons. The minimum Gasteiger partial charge on any atom is -0.461 e. The van der Waals surface area contributed by atoms with Crippen molar-refractivity contribution < 1.29 is 19.7 Å². The molecule has 1 fully saturated rings. The van der Waals surface area contributed by atoms with Crippen LogP contribution in [0.5, 0.6) is 0 Å². The molecule has 1 aliphatic rings. The molecule has 0 bridgehead atoms. The maximum Gasteiger partial charge on any atom is 0.306 e. The molecule has 5 heteroatoms. The second-order valence-corrected chi connectivity index (χ2v) is 6.59. The molecule has 4 nitrogen and oxygen atoms in total. The van der Waals surface area contributed by atoms with Gasteiger partial charge in [0.2, 0.25) is 0 Å². The maximum atomic E-state index is 11.6. The Morgan fingerprint density at radius 1 is 1.24 bits per heavy atom. The molecule has 1 saturated heterocycles. The van der Waals surface area contributed by atoms with E-state index in [4.69, 9.17) is 4.74 Å². The second-order valence-electron chi connectivity index (χ2n) is 5.32. The summed E-state index contributed by atoms with van der Waals surface area (Å²) in [6.07, 6.45) is 1.63. The minimum absolute atomic E-state index is 0.0975. The van der Waals surface area contributed by atoms with E-state index in [1.54, 1.807) is 11.8 Å². The SMILES string of the molecule is O=C(CCCC[C@@H]1SC[C@H](O)[C@@H]1O)OCc1ccccc1. The molecule has 2 N–H and O–H groups in total. The molecule has 0 aliphatic carbocycles. The van der Waals surface area contributed by atoms with Crippen molar-refractivity contribution in [1.29, 1.82) is 0 Å². The van der Waals surface area contributed by atoms with Crippen LogP contribution in [-0.2, 0) is 16.1 Å². The summed E-state index contributed by atoms with van der Waals surface area (Å²) in [6.45, 7) is 0.322. The van der Waals surface area contributed by atoms with Gasteiger partial charge in [-0.2, -0.15) is 11.8 Å². The average Bonchev–Trinajstić information content (AvgIpc) is 2.82. The van der Waals surface area contributed by atoms with Gasteiger partial charge in [-0.25, -0.2) is 0 Å². The van der Waals surface area contributed by atoms with Crippen LogP contribution >= 0.6 is 11.8 Å². The van der Waals surface area contributed by atoms with Gasteiger partial charge in [-0.1, -0.05) is 36.8 Å². The lowest BCUT2D eigenvalue weighted by Gasteiger charge is -2.14. The lowest BCUT2D eigenvalue weighted by molar-refractivity contribution is -0.145. The van der Waals surface area contributed by atoms with E-state index >= 15 is 0 Å². The standard InChI is InChI=1S/C16H22O4S/c17-13-11-21-14(16(13)19)8-4-5-9-15(18)20-10-12-6-2-1-3-7-12/h1-3,6-7,13-14,16-17,19H,4-5,8-11H2/t13-,14-,16-/m0/s1. The van der Waals surface area contributed by atoms with Crippen molar-refractivity contribution in [3.8, 4) is 0 Å². The molecule has 0 amide bonds. The summed E-state index contributed by atoms with van der Waals surface area (Å²) in [5.74, 6) is 0.420. The van der Waals surface area contributed by atoms with E-state index in [2.05, 4.69) is 0 Å². The van der Waals surface area contributed by atoms with E-state index in [-0.39, 0.29) is 11.2 Å². The molecule has 0 spiro atoms. The Labute approximate surface area is 129 Å². The van der Waals surface area contributed by atoms with Gasteiger partial charge in [-0.15, -0.1) is 0 Å². The monoisotopic (exact) mass is 310 g/mol. The lowest BCUT2D eigenvalue weighted by Crippen LogP contribution is -2.28. The summed E-state index contributed by atoms with van der Waals surface area (Å²) < 4.78 is 5.20. The molecule has 3 atom stereocenters. The zero-order valence-corrected chi connectivity index (χ0v) is 12.8. The fraction of sp³-hybridized carbons (Fsp3) is 0.562. The van der Waals surface area contributed by atoms with Gasteiger partial charge in [0.15, 0.2) is 0 Å². The van der Waals surface area contributed by atoms with Crippen molar-refractivity contribution in [3.63, 3.8) is 0 Å². The number of ether oxygens (including phenoxy) is 1. The predicted octanol–water partition coefficient (Wildman–Crippen LogP) is 2.13. The van der Waals surface area contributed by atoms with Gasteiger partial charge in [0.05, 0.1) is 12.2 Å². The average molecular weight is 310 g/mol. The van der Waals surface area contributed by atoms with Crippen molar-refractivity contribution in [1.82, 2.24) is 0 Å². The maximum absolute atomic E-state index is 11.6. The van der Waals surface area contributed by atoms with Gasteiger partial charge in [0.1, 0.15) is 6.61 Å². The number of aliphatic hydroxyl groups is 2. The summed E-state index contributed by atoms with van der Waals surface area (Å²) in [6, 6.07) is 9.62. The third kappa shape index (κ3) is 5.34. The van der Waals surface area contributed by atoms with Gasteiger partial charge in [-0.3, -0.25) is 4.79 Å². The third-order valence-corrected chi connectivity index (χ3v) is 5.10. The normalized spacial score (nSPS) is 25.0.